The summed E-state index contributed by atoms with van der Waals surface area (Å²) in [6.07, 6.45) is 0. The molecule has 0 aliphatic heterocycles. The highest BCUT2D eigenvalue weighted by Gasteiger charge is 2.10. The monoisotopic (exact) mass is 466 g/mol. The van der Waals surface area contributed by atoms with E-state index in [0.717, 1.165) is 17.0 Å². The van der Waals surface area contributed by atoms with E-state index in [1.165, 1.54) is 19.8 Å². The summed E-state index contributed by atoms with van der Waals surface area (Å²) in [4.78, 5) is 18.0. The standard InChI is InChI=1S/C18H15IN2OS2/c1-2-23-15-9-5-13(6-10-15)17(22)21-18-20-16(11-24-18)12-3-7-14(19)8-4-12/h3-11H,2H2,1H3,(H,20,21,22). The second kappa shape index (κ2) is 8.13. The van der Waals surface area contributed by atoms with Crippen LogP contribution in [0.4, 0.5) is 5.13 Å². The molecule has 0 saturated carbocycles. The van der Waals surface area contributed by atoms with Crippen molar-refractivity contribution in [3.8, 4) is 11.3 Å². The van der Waals surface area contributed by atoms with Crippen LogP contribution >= 0.6 is 45.7 Å². The lowest BCUT2D eigenvalue weighted by Crippen LogP contribution is -2.11. The van der Waals surface area contributed by atoms with Gasteiger partial charge in [-0.1, -0.05) is 19.1 Å². The highest BCUT2D eigenvalue weighted by Crippen LogP contribution is 2.26. The Balaban J connectivity index is 1.69. The molecule has 1 heterocycles. The Morgan fingerprint density at radius 1 is 1.17 bits per heavy atom. The molecule has 2 aromatic carbocycles. The maximum absolute atomic E-state index is 12.3. The van der Waals surface area contributed by atoms with Crippen molar-refractivity contribution in [2.45, 2.75) is 11.8 Å². The van der Waals surface area contributed by atoms with Crippen molar-refractivity contribution >= 4 is 56.7 Å². The largest absolute Gasteiger partial charge is 0.298 e. The van der Waals surface area contributed by atoms with Crippen LogP contribution in [0.15, 0.2) is 58.8 Å². The van der Waals surface area contributed by atoms with Gasteiger partial charge >= 0.3 is 0 Å². The fourth-order valence-electron chi connectivity index (χ4n) is 2.12. The zero-order valence-electron chi connectivity index (χ0n) is 13.0. The first-order valence-electron chi connectivity index (χ1n) is 7.41. The number of benzene rings is 2. The topological polar surface area (TPSA) is 42.0 Å². The summed E-state index contributed by atoms with van der Waals surface area (Å²) in [7, 11) is 0. The predicted molar refractivity (Wildman–Crippen MR) is 111 cm³/mol. The number of carbonyl (C=O) groups excluding carboxylic acids is 1. The molecule has 122 valence electrons. The van der Waals surface area contributed by atoms with Crippen LogP contribution in [-0.4, -0.2) is 16.6 Å². The fourth-order valence-corrected chi connectivity index (χ4v) is 3.86. The highest BCUT2D eigenvalue weighted by molar-refractivity contribution is 14.1. The van der Waals surface area contributed by atoms with E-state index in [9.17, 15) is 4.79 Å². The van der Waals surface area contributed by atoms with Crippen molar-refractivity contribution in [1.82, 2.24) is 4.98 Å². The van der Waals surface area contributed by atoms with Gasteiger partial charge in [-0.25, -0.2) is 4.98 Å². The third-order valence-electron chi connectivity index (χ3n) is 3.29. The molecular formula is C18H15IN2OS2. The Morgan fingerprint density at radius 3 is 2.54 bits per heavy atom. The molecule has 3 aromatic rings. The lowest BCUT2D eigenvalue weighted by molar-refractivity contribution is 0.102. The molecule has 24 heavy (non-hydrogen) atoms. The first-order valence-corrected chi connectivity index (χ1v) is 10.4. The van der Waals surface area contributed by atoms with Crippen LogP contribution in [0.3, 0.4) is 0 Å². The average Bonchev–Trinajstić information content (AvgIpc) is 3.05. The number of rotatable bonds is 5. The molecule has 0 radical (unpaired) electrons. The molecule has 3 rings (SSSR count). The van der Waals surface area contributed by atoms with Crippen LogP contribution in [0, 0.1) is 3.57 Å². The number of aromatic nitrogens is 1. The van der Waals surface area contributed by atoms with Crippen LogP contribution in [-0.2, 0) is 0 Å². The molecule has 3 nitrogen and oxygen atoms in total. The third-order valence-corrected chi connectivity index (χ3v) is 5.66. The Kier molecular flexibility index (Phi) is 5.91. The number of nitrogens with zero attached hydrogens (tertiary/aromatic N) is 1. The van der Waals surface area contributed by atoms with Crippen LogP contribution < -0.4 is 5.32 Å². The minimum Gasteiger partial charge on any atom is -0.298 e. The number of hydrogen-bond acceptors (Lipinski definition) is 4. The molecule has 0 bridgehead atoms. The predicted octanol–water partition coefficient (Wildman–Crippen LogP) is 5.78. The lowest BCUT2D eigenvalue weighted by atomic mass is 10.2. The fraction of sp³-hybridized carbons (Fsp3) is 0.111. The van der Waals surface area contributed by atoms with Gasteiger partial charge in [0, 0.05) is 25.0 Å². The van der Waals surface area contributed by atoms with Crippen molar-refractivity contribution in [2.75, 3.05) is 11.1 Å². The van der Waals surface area contributed by atoms with Gasteiger partial charge in [0.05, 0.1) is 5.69 Å². The minimum absolute atomic E-state index is 0.133. The Hall–Kier alpha value is -1.38. The molecule has 0 aliphatic carbocycles. The highest BCUT2D eigenvalue weighted by atomic mass is 127. The summed E-state index contributed by atoms with van der Waals surface area (Å²) in [5.74, 6) is 0.887. The SMILES string of the molecule is CCSc1ccc(C(=O)Nc2nc(-c3ccc(I)cc3)cs2)cc1. The van der Waals surface area contributed by atoms with Gasteiger partial charge in [0.15, 0.2) is 5.13 Å². The van der Waals surface area contributed by atoms with Crippen molar-refractivity contribution < 1.29 is 4.79 Å². The molecule has 1 N–H and O–H groups in total. The summed E-state index contributed by atoms with van der Waals surface area (Å²) in [5.41, 5.74) is 2.57. The first-order chi connectivity index (χ1) is 11.7. The van der Waals surface area contributed by atoms with Gasteiger partial charge in [-0.15, -0.1) is 23.1 Å². The number of anilines is 1. The van der Waals surface area contributed by atoms with Crippen molar-refractivity contribution in [1.29, 1.82) is 0 Å². The van der Waals surface area contributed by atoms with E-state index < -0.39 is 0 Å². The summed E-state index contributed by atoms with van der Waals surface area (Å²) in [6, 6.07) is 15.8. The Bertz CT molecular complexity index is 829. The van der Waals surface area contributed by atoms with Crippen LogP contribution in [0.5, 0.6) is 0 Å². The van der Waals surface area contributed by atoms with Gasteiger partial charge < -0.3 is 0 Å². The van der Waals surface area contributed by atoms with Crippen LogP contribution in [0.2, 0.25) is 0 Å². The number of halogens is 1. The Morgan fingerprint density at radius 2 is 1.88 bits per heavy atom. The normalized spacial score (nSPS) is 10.6. The molecule has 0 unspecified atom stereocenters. The number of thioether (sulfide) groups is 1. The molecule has 1 amide bonds. The van der Waals surface area contributed by atoms with E-state index in [1.54, 1.807) is 11.8 Å². The molecule has 0 atom stereocenters. The number of nitrogens with one attached hydrogen (secondary N) is 1. The van der Waals surface area contributed by atoms with Gasteiger partial charge in [-0.2, -0.15) is 0 Å². The summed E-state index contributed by atoms with van der Waals surface area (Å²) >= 11 is 5.47. The van der Waals surface area contributed by atoms with Crippen molar-refractivity contribution in [3.63, 3.8) is 0 Å². The molecule has 0 saturated heterocycles. The molecule has 0 fully saturated rings. The van der Waals surface area contributed by atoms with Gasteiger partial charge in [0.2, 0.25) is 0 Å². The summed E-state index contributed by atoms with van der Waals surface area (Å²) in [6.45, 7) is 2.11. The number of hydrogen-bond donors (Lipinski definition) is 1. The second-order valence-electron chi connectivity index (χ2n) is 4.96. The first kappa shape index (κ1) is 17.4. The zero-order chi connectivity index (χ0) is 16.9. The zero-order valence-corrected chi connectivity index (χ0v) is 16.7. The maximum atomic E-state index is 12.3. The minimum atomic E-state index is -0.133. The van der Waals surface area contributed by atoms with E-state index >= 15 is 0 Å². The quantitative estimate of drug-likeness (QED) is 0.383. The van der Waals surface area contributed by atoms with E-state index in [-0.39, 0.29) is 5.91 Å². The van der Waals surface area contributed by atoms with Crippen LogP contribution in [0.1, 0.15) is 17.3 Å². The summed E-state index contributed by atoms with van der Waals surface area (Å²) < 4.78 is 1.18. The van der Waals surface area contributed by atoms with Gasteiger partial charge in [-0.05, 0) is 64.7 Å². The van der Waals surface area contributed by atoms with Gasteiger partial charge in [0.1, 0.15) is 0 Å². The molecular weight excluding hydrogens is 451 g/mol. The molecule has 0 aliphatic rings. The van der Waals surface area contributed by atoms with E-state index in [2.05, 4.69) is 39.8 Å². The van der Waals surface area contributed by atoms with E-state index in [4.69, 9.17) is 0 Å². The number of carbonyl (C=O) groups is 1. The Labute approximate surface area is 163 Å². The van der Waals surface area contributed by atoms with Crippen molar-refractivity contribution in [3.05, 3.63) is 63.0 Å². The van der Waals surface area contributed by atoms with Crippen LogP contribution in [0.25, 0.3) is 11.3 Å². The average molecular weight is 466 g/mol. The smallest absolute Gasteiger partial charge is 0.257 e. The van der Waals surface area contributed by atoms with E-state index in [0.29, 0.717) is 10.7 Å². The van der Waals surface area contributed by atoms with Gasteiger partial charge in [0.25, 0.3) is 5.91 Å². The number of thiazole rings is 1. The van der Waals surface area contributed by atoms with Crippen molar-refractivity contribution in [2.24, 2.45) is 0 Å². The summed E-state index contributed by atoms with van der Waals surface area (Å²) in [5, 5.41) is 5.44. The molecule has 1 aromatic heterocycles. The maximum Gasteiger partial charge on any atom is 0.257 e. The lowest BCUT2D eigenvalue weighted by Gasteiger charge is -2.03. The van der Waals surface area contributed by atoms with Gasteiger partial charge in [-0.3, -0.25) is 10.1 Å². The number of amides is 1. The third kappa shape index (κ3) is 4.37. The molecule has 6 heteroatoms. The second-order valence-corrected chi connectivity index (χ2v) is 8.40. The van der Waals surface area contributed by atoms with E-state index in [1.807, 2.05) is 53.9 Å². The molecule has 0 spiro atoms.